The Balaban J connectivity index is 2.67. The lowest BCUT2D eigenvalue weighted by molar-refractivity contribution is -0.115. The summed E-state index contributed by atoms with van der Waals surface area (Å²) >= 11 is 0. The molecule has 0 saturated carbocycles. The van der Waals surface area contributed by atoms with Gasteiger partial charge in [0.05, 0.1) is 6.54 Å². The largest absolute Gasteiger partial charge is 0.324 e. The topological polar surface area (TPSA) is 78.5 Å². The monoisotopic (exact) mass is 285 g/mol. The van der Waals surface area contributed by atoms with Gasteiger partial charge < -0.3 is 5.32 Å². The van der Waals surface area contributed by atoms with Crippen molar-refractivity contribution >= 4 is 21.8 Å². The fourth-order valence-electron chi connectivity index (χ4n) is 1.48. The van der Waals surface area contributed by atoms with Gasteiger partial charge in [0.25, 0.3) is 10.2 Å². The van der Waals surface area contributed by atoms with Crippen molar-refractivity contribution in [1.29, 1.82) is 0 Å². The Morgan fingerprint density at radius 1 is 1.21 bits per heavy atom. The molecule has 2 N–H and O–H groups in total. The summed E-state index contributed by atoms with van der Waals surface area (Å²) in [5.74, 6) is -0.400. The Morgan fingerprint density at radius 2 is 1.74 bits per heavy atom. The van der Waals surface area contributed by atoms with E-state index >= 15 is 0 Å². The number of benzene rings is 1. The number of aryl methyl sites for hydroxylation is 2. The maximum atomic E-state index is 11.7. The molecule has 0 spiro atoms. The van der Waals surface area contributed by atoms with E-state index in [0.29, 0.717) is 0 Å². The fourth-order valence-corrected chi connectivity index (χ4v) is 2.05. The number of carbonyl (C=O) groups excluding carboxylic acids is 1. The molecule has 7 heteroatoms. The molecule has 1 aromatic carbocycles. The molecule has 0 aromatic heterocycles. The van der Waals surface area contributed by atoms with Crippen molar-refractivity contribution in [3.05, 3.63) is 29.3 Å². The van der Waals surface area contributed by atoms with Crippen molar-refractivity contribution in [3.63, 3.8) is 0 Å². The molecule has 0 saturated heterocycles. The minimum Gasteiger partial charge on any atom is -0.324 e. The smallest absolute Gasteiger partial charge is 0.279 e. The third kappa shape index (κ3) is 4.30. The number of nitrogens with zero attached hydrogens (tertiary/aromatic N) is 1. The highest BCUT2D eigenvalue weighted by Gasteiger charge is 2.15. The van der Waals surface area contributed by atoms with Gasteiger partial charge in [0.1, 0.15) is 0 Å². The van der Waals surface area contributed by atoms with Crippen LogP contribution in [0.4, 0.5) is 5.69 Å². The molecular weight excluding hydrogens is 266 g/mol. The third-order valence-corrected chi connectivity index (χ3v) is 4.11. The summed E-state index contributed by atoms with van der Waals surface area (Å²) in [4.78, 5) is 11.7. The Kier molecular flexibility index (Phi) is 5.04. The van der Waals surface area contributed by atoms with E-state index in [1.807, 2.05) is 32.0 Å². The third-order valence-electron chi connectivity index (χ3n) is 2.64. The molecule has 0 bridgehead atoms. The molecule has 106 valence electrons. The van der Waals surface area contributed by atoms with Gasteiger partial charge in [-0.3, -0.25) is 4.79 Å². The molecule has 0 fully saturated rings. The first-order valence-corrected chi connectivity index (χ1v) is 7.21. The highest BCUT2D eigenvalue weighted by molar-refractivity contribution is 7.87. The van der Waals surface area contributed by atoms with E-state index in [2.05, 4.69) is 10.0 Å². The van der Waals surface area contributed by atoms with Crippen LogP contribution in [0, 0.1) is 13.8 Å². The van der Waals surface area contributed by atoms with Crippen molar-refractivity contribution < 1.29 is 13.2 Å². The molecule has 0 unspecified atom stereocenters. The van der Waals surface area contributed by atoms with E-state index in [4.69, 9.17) is 0 Å². The minimum atomic E-state index is -3.58. The van der Waals surface area contributed by atoms with E-state index < -0.39 is 16.1 Å². The maximum Gasteiger partial charge on any atom is 0.279 e. The lowest BCUT2D eigenvalue weighted by atomic mass is 10.1. The van der Waals surface area contributed by atoms with Gasteiger partial charge in [0.2, 0.25) is 5.91 Å². The van der Waals surface area contributed by atoms with Crippen LogP contribution in [-0.4, -0.2) is 39.3 Å². The lowest BCUT2D eigenvalue weighted by Crippen LogP contribution is -2.40. The first-order chi connectivity index (χ1) is 8.74. The van der Waals surface area contributed by atoms with Gasteiger partial charge in [-0.15, -0.1) is 0 Å². The first kappa shape index (κ1) is 15.6. The predicted molar refractivity (Wildman–Crippen MR) is 75.2 cm³/mol. The molecule has 0 aliphatic rings. The van der Waals surface area contributed by atoms with Gasteiger partial charge in [-0.25, -0.2) is 0 Å². The standard InChI is InChI=1S/C12H19N3O3S/c1-9-6-5-7-10(2)12(9)14-11(16)8-13-19(17,18)15(3)4/h5-7,13H,8H2,1-4H3,(H,14,16). The number of carbonyl (C=O) groups is 1. The van der Waals surface area contributed by atoms with Crippen LogP contribution in [-0.2, 0) is 15.0 Å². The average Bonchev–Trinajstić information content (AvgIpc) is 2.31. The first-order valence-electron chi connectivity index (χ1n) is 5.77. The van der Waals surface area contributed by atoms with Gasteiger partial charge in [-0.1, -0.05) is 18.2 Å². The molecule has 6 nitrogen and oxygen atoms in total. The Bertz CT molecular complexity index is 547. The van der Waals surface area contributed by atoms with Crippen LogP contribution >= 0.6 is 0 Å². The van der Waals surface area contributed by atoms with Crippen molar-refractivity contribution in [2.75, 3.05) is 26.0 Å². The maximum absolute atomic E-state index is 11.7. The van der Waals surface area contributed by atoms with E-state index in [-0.39, 0.29) is 6.54 Å². The van der Waals surface area contributed by atoms with E-state index in [1.165, 1.54) is 14.1 Å². The summed E-state index contributed by atoms with van der Waals surface area (Å²) in [5.41, 5.74) is 2.59. The average molecular weight is 285 g/mol. The summed E-state index contributed by atoms with van der Waals surface area (Å²) in [6.07, 6.45) is 0. The number of hydrogen-bond acceptors (Lipinski definition) is 3. The van der Waals surface area contributed by atoms with Crippen LogP contribution in [0.1, 0.15) is 11.1 Å². The molecule has 19 heavy (non-hydrogen) atoms. The summed E-state index contributed by atoms with van der Waals surface area (Å²) in [6, 6.07) is 5.66. The molecular formula is C12H19N3O3S. The zero-order chi connectivity index (χ0) is 14.6. The van der Waals surface area contributed by atoms with E-state index in [9.17, 15) is 13.2 Å². The van der Waals surface area contributed by atoms with Crippen LogP contribution in [0.5, 0.6) is 0 Å². The van der Waals surface area contributed by atoms with E-state index in [0.717, 1.165) is 21.1 Å². The predicted octanol–water partition coefficient (Wildman–Crippen LogP) is 0.638. The zero-order valence-electron chi connectivity index (χ0n) is 11.5. The van der Waals surface area contributed by atoms with Gasteiger partial charge in [0, 0.05) is 19.8 Å². The molecule has 0 heterocycles. The van der Waals surface area contributed by atoms with Crippen LogP contribution in [0.3, 0.4) is 0 Å². The number of nitrogens with one attached hydrogen (secondary N) is 2. The second kappa shape index (κ2) is 6.14. The summed E-state index contributed by atoms with van der Waals surface area (Å²) in [7, 11) is -0.794. The van der Waals surface area contributed by atoms with Gasteiger partial charge in [-0.2, -0.15) is 17.4 Å². The SMILES string of the molecule is Cc1cccc(C)c1NC(=O)CNS(=O)(=O)N(C)C. The van der Waals surface area contributed by atoms with Crippen LogP contribution in [0.25, 0.3) is 0 Å². The van der Waals surface area contributed by atoms with E-state index in [1.54, 1.807) is 0 Å². The summed E-state index contributed by atoms with van der Waals surface area (Å²) < 4.78 is 26.1. The van der Waals surface area contributed by atoms with Crippen molar-refractivity contribution in [1.82, 2.24) is 9.03 Å². The van der Waals surface area contributed by atoms with Crippen LogP contribution < -0.4 is 10.0 Å². The lowest BCUT2D eigenvalue weighted by Gasteiger charge is -2.14. The van der Waals surface area contributed by atoms with Gasteiger partial charge >= 0.3 is 0 Å². The Hall–Kier alpha value is -1.44. The number of rotatable bonds is 5. The highest BCUT2D eigenvalue weighted by atomic mass is 32.2. The molecule has 0 atom stereocenters. The van der Waals surface area contributed by atoms with Crippen molar-refractivity contribution in [2.24, 2.45) is 0 Å². The molecule has 0 aliphatic carbocycles. The number of hydrogen-bond donors (Lipinski definition) is 2. The normalized spacial score (nSPS) is 11.6. The molecule has 1 amide bonds. The molecule has 1 aromatic rings. The molecule has 1 rings (SSSR count). The quantitative estimate of drug-likeness (QED) is 0.833. The number of anilines is 1. The van der Waals surface area contributed by atoms with Crippen LogP contribution in [0.15, 0.2) is 18.2 Å². The van der Waals surface area contributed by atoms with Crippen LogP contribution in [0.2, 0.25) is 0 Å². The number of amides is 1. The fraction of sp³-hybridized carbons (Fsp3) is 0.417. The molecule has 0 aliphatic heterocycles. The second-order valence-corrected chi connectivity index (χ2v) is 6.39. The van der Waals surface area contributed by atoms with Gasteiger partial charge in [0.15, 0.2) is 0 Å². The van der Waals surface area contributed by atoms with Crippen molar-refractivity contribution in [3.8, 4) is 0 Å². The minimum absolute atomic E-state index is 0.297. The number of para-hydroxylation sites is 1. The summed E-state index contributed by atoms with van der Waals surface area (Å²) in [5, 5.41) is 2.71. The Morgan fingerprint density at radius 3 is 2.21 bits per heavy atom. The summed E-state index contributed by atoms with van der Waals surface area (Å²) in [6.45, 7) is 3.47. The second-order valence-electron chi connectivity index (χ2n) is 4.42. The Labute approximate surface area is 114 Å². The highest BCUT2D eigenvalue weighted by Crippen LogP contribution is 2.18. The van der Waals surface area contributed by atoms with Crippen molar-refractivity contribution in [2.45, 2.75) is 13.8 Å². The zero-order valence-corrected chi connectivity index (χ0v) is 12.3. The van der Waals surface area contributed by atoms with Gasteiger partial charge in [-0.05, 0) is 25.0 Å². The molecule has 0 radical (unpaired) electrons.